The molecule has 3 nitrogen and oxygen atoms in total. The number of rotatable bonds is 2. The van der Waals surface area contributed by atoms with Gasteiger partial charge in [0, 0.05) is 5.54 Å². The summed E-state index contributed by atoms with van der Waals surface area (Å²) in [5.41, 5.74) is -0.00133. The molecule has 0 atom stereocenters. The predicted octanol–water partition coefficient (Wildman–Crippen LogP) is 2.28. The van der Waals surface area contributed by atoms with E-state index >= 15 is 0 Å². The molecule has 0 aromatic carbocycles. The molecule has 86 valence electrons. The van der Waals surface area contributed by atoms with Crippen molar-refractivity contribution in [3.8, 4) is 0 Å². The summed E-state index contributed by atoms with van der Waals surface area (Å²) in [5.74, 6) is -0.909. The highest BCUT2D eigenvalue weighted by atomic mass is 19.1. The van der Waals surface area contributed by atoms with Crippen molar-refractivity contribution >= 4 is 5.91 Å². The average Bonchev–Trinajstić information content (AvgIpc) is 2.65. The first-order valence-corrected chi connectivity index (χ1v) is 5.54. The number of carbonyl (C=O) groups excluding carboxylic acids is 1. The van der Waals surface area contributed by atoms with Gasteiger partial charge in [-0.15, -0.1) is 0 Å². The Labute approximate surface area is 94.1 Å². The summed E-state index contributed by atoms with van der Waals surface area (Å²) < 4.78 is 12.8. The van der Waals surface area contributed by atoms with Crippen LogP contribution in [0.5, 0.6) is 0 Å². The Balaban J connectivity index is 2.08. The molecular formula is C12H15FN2O. The largest absolute Gasteiger partial charge is 0.346 e. The summed E-state index contributed by atoms with van der Waals surface area (Å²) in [6.45, 7) is 2.02. The van der Waals surface area contributed by atoms with Gasteiger partial charge in [0.25, 0.3) is 5.91 Å². The molecule has 1 amide bonds. The van der Waals surface area contributed by atoms with E-state index in [0.29, 0.717) is 0 Å². The summed E-state index contributed by atoms with van der Waals surface area (Å²) >= 11 is 0. The zero-order valence-electron chi connectivity index (χ0n) is 9.29. The lowest BCUT2D eigenvalue weighted by atomic mass is 10.0. The highest BCUT2D eigenvalue weighted by molar-refractivity contribution is 5.92. The Hall–Kier alpha value is -1.45. The van der Waals surface area contributed by atoms with E-state index < -0.39 is 5.95 Å². The van der Waals surface area contributed by atoms with E-state index in [2.05, 4.69) is 10.3 Å². The third kappa shape index (κ3) is 2.38. The smallest absolute Gasteiger partial charge is 0.270 e. The van der Waals surface area contributed by atoms with Crippen molar-refractivity contribution in [2.45, 2.75) is 38.1 Å². The maximum atomic E-state index is 12.8. The van der Waals surface area contributed by atoms with Crippen molar-refractivity contribution in [2.75, 3.05) is 0 Å². The van der Waals surface area contributed by atoms with Gasteiger partial charge in [0.2, 0.25) is 5.95 Å². The minimum Gasteiger partial charge on any atom is -0.346 e. The summed E-state index contributed by atoms with van der Waals surface area (Å²) in [6, 6.07) is 4.25. The zero-order valence-corrected chi connectivity index (χ0v) is 9.29. The lowest BCUT2D eigenvalue weighted by molar-refractivity contribution is 0.0901. The molecule has 1 aromatic rings. The Kier molecular flexibility index (Phi) is 2.90. The number of hydrogen-bond acceptors (Lipinski definition) is 2. The molecule has 0 unspecified atom stereocenters. The molecular weight excluding hydrogens is 207 g/mol. The van der Waals surface area contributed by atoms with Crippen LogP contribution in [-0.4, -0.2) is 16.4 Å². The van der Waals surface area contributed by atoms with Gasteiger partial charge >= 0.3 is 0 Å². The van der Waals surface area contributed by atoms with Crippen LogP contribution in [0, 0.1) is 5.95 Å². The molecule has 0 radical (unpaired) electrons. The minimum atomic E-state index is -0.621. The van der Waals surface area contributed by atoms with Crippen LogP contribution in [0.25, 0.3) is 0 Å². The number of nitrogens with one attached hydrogen (secondary N) is 1. The molecule has 16 heavy (non-hydrogen) atoms. The Bertz CT molecular complexity index is 400. The van der Waals surface area contributed by atoms with Crippen molar-refractivity contribution in [3.05, 3.63) is 29.8 Å². The number of aromatic nitrogens is 1. The number of hydrogen-bond donors (Lipinski definition) is 1. The fourth-order valence-electron chi connectivity index (χ4n) is 2.15. The number of amides is 1. The molecule has 1 aliphatic rings. The summed E-state index contributed by atoms with van der Waals surface area (Å²) in [4.78, 5) is 15.4. The minimum absolute atomic E-state index is 0.146. The van der Waals surface area contributed by atoms with Gasteiger partial charge in [-0.1, -0.05) is 18.9 Å². The van der Waals surface area contributed by atoms with Gasteiger partial charge in [-0.2, -0.15) is 4.39 Å². The number of pyridine rings is 1. The number of halogens is 1. The second-order valence-electron chi connectivity index (χ2n) is 4.57. The fourth-order valence-corrected chi connectivity index (χ4v) is 2.15. The van der Waals surface area contributed by atoms with E-state index in [0.717, 1.165) is 25.7 Å². The third-order valence-electron chi connectivity index (χ3n) is 3.07. The predicted molar refractivity (Wildman–Crippen MR) is 58.5 cm³/mol. The topological polar surface area (TPSA) is 42.0 Å². The van der Waals surface area contributed by atoms with Crippen LogP contribution in [0.3, 0.4) is 0 Å². The van der Waals surface area contributed by atoms with E-state index in [-0.39, 0.29) is 17.1 Å². The maximum Gasteiger partial charge on any atom is 0.270 e. The van der Waals surface area contributed by atoms with Gasteiger partial charge in [0.1, 0.15) is 5.69 Å². The van der Waals surface area contributed by atoms with Crippen molar-refractivity contribution in [2.24, 2.45) is 0 Å². The summed E-state index contributed by atoms with van der Waals surface area (Å²) in [5, 5.41) is 2.93. The Morgan fingerprint density at radius 2 is 2.12 bits per heavy atom. The third-order valence-corrected chi connectivity index (χ3v) is 3.07. The molecule has 1 aliphatic carbocycles. The van der Waals surface area contributed by atoms with E-state index in [1.807, 2.05) is 6.92 Å². The Morgan fingerprint density at radius 1 is 1.44 bits per heavy atom. The van der Waals surface area contributed by atoms with Gasteiger partial charge in [0.15, 0.2) is 0 Å². The lowest BCUT2D eigenvalue weighted by Gasteiger charge is -2.24. The molecule has 1 aromatic heterocycles. The lowest BCUT2D eigenvalue weighted by Crippen LogP contribution is -2.43. The van der Waals surface area contributed by atoms with Crippen LogP contribution in [-0.2, 0) is 0 Å². The summed E-state index contributed by atoms with van der Waals surface area (Å²) in [6.07, 6.45) is 4.23. The zero-order chi connectivity index (χ0) is 11.6. The standard InChI is InChI=1S/C12H15FN2O/c1-12(7-2-3-8-12)15-11(16)9-5-4-6-10(13)14-9/h4-6H,2-3,7-8H2,1H3,(H,15,16). The molecule has 1 fully saturated rings. The first-order valence-electron chi connectivity index (χ1n) is 5.54. The Morgan fingerprint density at radius 3 is 2.75 bits per heavy atom. The van der Waals surface area contributed by atoms with Crippen LogP contribution in [0.2, 0.25) is 0 Å². The van der Waals surface area contributed by atoms with Crippen LogP contribution in [0.4, 0.5) is 4.39 Å². The molecule has 0 saturated heterocycles. The van der Waals surface area contributed by atoms with Gasteiger partial charge in [-0.05, 0) is 31.9 Å². The van der Waals surface area contributed by atoms with Crippen LogP contribution < -0.4 is 5.32 Å². The van der Waals surface area contributed by atoms with E-state index in [1.165, 1.54) is 18.2 Å². The molecule has 4 heteroatoms. The fraction of sp³-hybridized carbons (Fsp3) is 0.500. The van der Waals surface area contributed by atoms with Crippen molar-refractivity contribution in [1.29, 1.82) is 0 Å². The normalized spacial score (nSPS) is 18.4. The maximum absolute atomic E-state index is 12.8. The molecule has 1 heterocycles. The van der Waals surface area contributed by atoms with Gasteiger partial charge in [-0.3, -0.25) is 4.79 Å². The van der Waals surface area contributed by atoms with Crippen LogP contribution >= 0.6 is 0 Å². The van der Waals surface area contributed by atoms with E-state index in [4.69, 9.17) is 0 Å². The molecule has 0 bridgehead atoms. The highest BCUT2D eigenvalue weighted by Gasteiger charge is 2.30. The molecule has 1 saturated carbocycles. The SMILES string of the molecule is CC1(NC(=O)c2cccc(F)n2)CCCC1. The number of nitrogens with zero attached hydrogens (tertiary/aromatic N) is 1. The second-order valence-corrected chi connectivity index (χ2v) is 4.57. The van der Waals surface area contributed by atoms with Crippen molar-refractivity contribution < 1.29 is 9.18 Å². The molecule has 1 N–H and O–H groups in total. The second kappa shape index (κ2) is 4.20. The van der Waals surface area contributed by atoms with Gasteiger partial charge < -0.3 is 5.32 Å². The average molecular weight is 222 g/mol. The quantitative estimate of drug-likeness (QED) is 0.780. The first-order chi connectivity index (χ1) is 7.59. The molecule has 0 aliphatic heterocycles. The molecule has 2 rings (SSSR count). The first kappa shape index (κ1) is 11.0. The van der Waals surface area contributed by atoms with Crippen molar-refractivity contribution in [1.82, 2.24) is 10.3 Å². The van der Waals surface area contributed by atoms with E-state index in [9.17, 15) is 9.18 Å². The molecule has 0 spiro atoms. The van der Waals surface area contributed by atoms with E-state index in [1.54, 1.807) is 0 Å². The van der Waals surface area contributed by atoms with Crippen molar-refractivity contribution in [3.63, 3.8) is 0 Å². The van der Waals surface area contributed by atoms with Gasteiger partial charge in [-0.25, -0.2) is 4.98 Å². The monoisotopic (exact) mass is 222 g/mol. The van der Waals surface area contributed by atoms with Gasteiger partial charge in [0.05, 0.1) is 0 Å². The highest BCUT2D eigenvalue weighted by Crippen LogP contribution is 2.28. The van der Waals surface area contributed by atoms with Crippen LogP contribution in [0.1, 0.15) is 43.1 Å². The number of carbonyl (C=O) groups is 1. The summed E-state index contributed by atoms with van der Waals surface area (Å²) in [7, 11) is 0. The van der Waals surface area contributed by atoms with Crippen LogP contribution in [0.15, 0.2) is 18.2 Å².